The minimum atomic E-state index is -4.76. The molecule has 182 valence electrons. The minimum absolute atomic E-state index is 0. The van der Waals surface area contributed by atoms with Crippen molar-refractivity contribution in [2.45, 2.75) is 90.7 Å². The fraction of sp³-hybridized carbons (Fsp3) is 0.900. The molecule has 0 aromatic heterocycles. The van der Waals surface area contributed by atoms with Gasteiger partial charge < -0.3 is 9.47 Å². The van der Waals surface area contributed by atoms with Gasteiger partial charge in [-0.1, -0.05) is 66.2 Å². The number of halogens is 1. The maximum atomic E-state index is 12.2. The van der Waals surface area contributed by atoms with Crippen LogP contribution in [0.2, 0.25) is 0 Å². The molecule has 0 heterocycles. The van der Waals surface area contributed by atoms with Crippen LogP contribution in [0.3, 0.4) is 0 Å². The van der Waals surface area contributed by atoms with Crippen molar-refractivity contribution in [3.8, 4) is 0 Å². The molecule has 2 radical (unpaired) electrons. The first-order chi connectivity index (χ1) is 13.2. The number of carbonyl (C=O) groups is 2. The monoisotopic (exact) mass is 604 g/mol. The summed E-state index contributed by atoms with van der Waals surface area (Å²) in [5, 5.41) is -1.95. The molecule has 7 nitrogen and oxygen atoms in total. The van der Waals surface area contributed by atoms with E-state index < -0.39 is 33.7 Å². The number of rotatable bonds is 16. The summed E-state index contributed by atoms with van der Waals surface area (Å²) < 4.78 is 42.8. The molecule has 3 unspecified atom stereocenters. The fourth-order valence-corrected chi connectivity index (χ4v) is 3.48. The van der Waals surface area contributed by atoms with Crippen molar-refractivity contribution in [3.05, 3.63) is 0 Å². The van der Waals surface area contributed by atoms with Crippen molar-refractivity contribution >= 4 is 87.9 Å². The van der Waals surface area contributed by atoms with E-state index in [0.29, 0.717) is 0 Å². The van der Waals surface area contributed by atoms with Gasteiger partial charge in [0.1, 0.15) is 0 Å². The zero-order valence-electron chi connectivity index (χ0n) is 18.9. The van der Waals surface area contributed by atoms with Gasteiger partial charge in [0.2, 0.25) is 0 Å². The molecule has 0 aromatic rings. The van der Waals surface area contributed by atoms with Gasteiger partial charge in [0.05, 0.1) is 19.6 Å². The van der Waals surface area contributed by atoms with E-state index in [4.69, 9.17) is 9.47 Å². The molecule has 0 aromatic carbocycles. The second-order valence-corrected chi connectivity index (χ2v) is 8.95. The van der Waals surface area contributed by atoms with Crippen LogP contribution in [-0.4, -0.2) is 96.8 Å². The first-order valence-electron chi connectivity index (χ1n) is 10.5. The fourth-order valence-electron chi connectivity index (χ4n) is 2.82. The summed E-state index contributed by atoms with van der Waals surface area (Å²) in [7, 11) is -4.76. The van der Waals surface area contributed by atoms with E-state index in [1.54, 1.807) is 0 Å². The van der Waals surface area contributed by atoms with Crippen LogP contribution >= 0.6 is 12.4 Å². The summed E-state index contributed by atoms with van der Waals surface area (Å²) in [4.78, 5) is 24.2. The summed E-state index contributed by atoms with van der Waals surface area (Å²) in [6.07, 6.45) is 6.74. The van der Waals surface area contributed by atoms with Crippen molar-refractivity contribution in [2.75, 3.05) is 13.2 Å². The molecule has 0 saturated heterocycles. The first-order valence-corrected chi connectivity index (χ1v) is 12.0. The normalized spacial score (nSPS) is 13.5. The zero-order chi connectivity index (χ0) is 21.6. The Balaban J connectivity index is -0.00000121. The summed E-state index contributed by atoms with van der Waals surface area (Å²) in [5.41, 5.74) is 0. The third-order valence-corrected chi connectivity index (χ3v) is 6.08. The average molecular weight is 604 g/mol. The number of hydrogen-bond acceptors (Lipinski definition) is 6. The molecule has 0 aliphatic rings. The molecular weight excluding hydrogens is 561 g/mol. The van der Waals surface area contributed by atoms with Crippen LogP contribution in [0.25, 0.3) is 0 Å². The van der Waals surface area contributed by atoms with Gasteiger partial charge in [-0.2, -0.15) is 8.42 Å². The number of esters is 2. The Morgan fingerprint density at radius 3 is 1.65 bits per heavy atom. The van der Waals surface area contributed by atoms with Crippen molar-refractivity contribution in [1.29, 1.82) is 0 Å². The predicted octanol–water partition coefficient (Wildman–Crippen LogP) is 3.01. The summed E-state index contributed by atoms with van der Waals surface area (Å²) in [6, 6.07) is 0. The number of ether oxygens (including phenoxy) is 2. The number of unbranched alkanes of at least 4 members (excludes halogenated alkanes) is 2. The number of carbonyl (C=O) groups excluding carboxylic acids is 2. The standard InChI is InChI=1S/C20H38O7S.ClH.Na.Sn.3H/c1-5-9-11-16(7-3)14-26-19(21)13-18(28(23,24)25)20(22)27-15-17(8-4)12-10-6-2;;;;;;/h16-18H,5-15H2,1-4H3,(H,23,24,25);1H;;;;;. The Bertz CT molecular complexity index is 564. The average Bonchev–Trinajstić information content (AvgIpc) is 2.65. The molecule has 11 heteroatoms. The summed E-state index contributed by atoms with van der Waals surface area (Å²) in [6.45, 7) is 8.35. The second-order valence-electron chi connectivity index (χ2n) is 7.35. The van der Waals surface area contributed by atoms with Crippen LogP contribution in [0.4, 0.5) is 0 Å². The first kappa shape index (κ1) is 39.2. The Kier molecular flexibility index (Phi) is 28.7. The van der Waals surface area contributed by atoms with Gasteiger partial charge in [-0.15, -0.1) is 12.4 Å². The molecule has 0 saturated carbocycles. The van der Waals surface area contributed by atoms with Crippen LogP contribution in [-0.2, 0) is 29.2 Å². The maximum absolute atomic E-state index is 12.2. The van der Waals surface area contributed by atoms with Crippen LogP contribution in [0, 0.1) is 11.8 Å². The molecule has 0 spiro atoms. The van der Waals surface area contributed by atoms with E-state index >= 15 is 0 Å². The molecule has 3 atom stereocenters. The van der Waals surface area contributed by atoms with Gasteiger partial charge in [-0.3, -0.25) is 14.1 Å². The molecular formula is C20H42ClNaO7SSn. The molecule has 0 rings (SSSR count). The Morgan fingerprint density at radius 2 is 1.29 bits per heavy atom. The van der Waals surface area contributed by atoms with E-state index in [1.807, 2.05) is 13.8 Å². The topological polar surface area (TPSA) is 107 Å². The molecule has 31 heavy (non-hydrogen) atoms. The van der Waals surface area contributed by atoms with Crippen LogP contribution in [0.1, 0.15) is 85.5 Å². The van der Waals surface area contributed by atoms with Gasteiger partial charge in [0.25, 0.3) is 10.1 Å². The quantitative estimate of drug-likeness (QED) is 0.164. The second kappa shape index (κ2) is 22.7. The predicted molar refractivity (Wildman–Crippen MR) is 131 cm³/mol. The molecule has 0 aliphatic heterocycles. The van der Waals surface area contributed by atoms with E-state index in [0.717, 1.165) is 51.4 Å². The Morgan fingerprint density at radius 1 is 0.871 bits per heavy atom. The molecule has 0 aliphatic carbocycles. The van der Waals surface area contributed by atoms with Crippen molar-refractivity contribution in [1.82, 2.24) is 0 Å². The molecule has 1 N–H and O–H groups in total. The Hall–Kier alpha value is 0.939. The molecule has 0 fully saturated rings. The third-order valence-electron chi connectivity index (χ3n) is 5.00. The zero-order valence-corrected chi connectivity index (χ0v) is 24.6. The van der Waals surface area contributed by atoms with E-state index in [9.17, 15) is 22.6 Å². The van der Waals surface area contributed by atoms with Gasteiger partial charge in [0.15, 0.2) is 5.25 Å². The van der Waals surface area contributed by atoms with Gasteiger partial charge >= 0.3 is 65.4 Å². The van der Waals surface area contributed by atoms with E-state index in [1.165, 1.54) is 0 Å². The third kappa shape index (κ3) is 19.0. The van der Waals surface area contributed by atoms with Crippen LogP contribution < -0.4 is 0 Å². The van der Waals surface area contributed by atoms with Crippen LogP contribution in [0.5, 0.6) is 0 Å². The Labute approximate surface area is 233 Å². The van der Waals surface area contributed by atoms with Gasteiger partial charge in [-0.05, 0) is 24.7 Å². The van der Waals surface area contributed by atoms with Crippen molar-refractivity contribution < 1.29 is 32.0 Å². The number of hydrogen-bond donors (Lipinski definition) is 1. The van der Waals surface area contributed by atoms with Crippen LogP contribution in [0.15, 0.2) is 0 Å². The van der Waals surface area contributed by atoms with Gasteiger partial charge in [-0.25, -0.2) is 0 Å². The van der Waals surface area contributed by atoms with Crippen molar-refractivity contribution in [3.63, 3.8) is 0 Å². The SMILES string of the molecule is CCCCC(CC)COC(=O)CC(C(=O)OCC(CC)CCCC)S(=O)(=O)O.Cl.[NaH].[SnH2]. The van der Waals surface area contributed by atoms with E-state index in [-0.39, 0.29) is 90.9 Å². The summed E-state index contributed by atoms with van der Waals surface area (Å²) in [5.74, 6) is -1.61. The summed E-state index contributed by atoms with van der Waals surface area (Å²) >= 11 is 0. The molecule has 0 bridgehead atoms. The molecule has 0 amide bonds. The van der Waals surface area contributed by atoms with E-state index in [2.05, 4.69) is 13.8 Å². The van der Waals surface area contributed by atoms with Gasteiger partial charge in [0, 0.05) is 0 Å². The van der Waals surface area contributed by atoms with Crippen molar-refractivity contribution in [2.24, 2.45) is 11.8 Å².